The molecule has 0 aliphatic heterocycles. The Hall–Kier alpha value is -1.84. The molecule has 0 spiro atoms. The Balaban J connectivity index is 2.59. The van der Waals surface area contributed by atoms with Gasteiger partial charge < -0.3 is 9.97 Å². The van der Waals surface area contributed by atoms with Crippen LogP contribution in [0.25, 0.3) is 11.3 Å². The molecule has 4 heteroatoms. The minimum atomic E-state index is -0.184. The molecular formula is C9H9N3O. The minimum Gasteiger partial charge on any atom is -0.310 e. The molecule has 2 rings (SSSR count). The second kappa shape index (κ2) is 2.90. The maximum atomic E-state index is 11.0. The lowest BCUT2D eigenvalue weighted by Crippen LogP contribution is -2.00. The first-order valence-corrected chi connectivity index (χ1v) is 3.96. The summed E-state index contributed by atoms with van der Waals surface area (Å²) in [5.41, 5.74) is 2.37. The zero-order valence-electron chi connectivity index (χ0n) is 7.16. The number of hydrogen-bond donors (Lipinski definition) is 2. The molecule has 0 unspecified atom stereocenters. The standard InChI is InChI=1S/C9H9N3O/c1-6-8(12-9(13)11-6)7-3-2-4-10-5-7/h2-5H,1H3,(H2,11,12,13). The molecule has 4 nitrogen and oxygen atoms in total. The fraction of sp³-hybridized carbons (Fsp3) is 0.111. The third-order valence-corrected chi connectivity index (χ3v) is 1.86. The van der Waals surface area contributed by atoms with Gasteiger partial charge in [0.2, 0.25) is 0 Å². The van der Waals surface area contributed by atoms with Crippen molar-refractivity contribution >= 4 is 0 Å². The number of nitrogens with zero attached hydrogens (tertiary/aromatic N) is 1. The smallest absolute Gasteiger partial charge is 0.310 e. The molecular weight excluding hydrogens is 166 g/mol. The summed E-state index contributed by atoms with van der Waals surface area (Å²) in [5.74, 6) is 0. The maximum absolute atomic E-state index is 11.0. The molecule has 0 aromatic carbocycles. The van der Waals surface area contributed by atoms with Crippen molar-refractivity contribution in [1.82, 2.24) is 15.0 Å². The molecule has 0 saturated carbocycles. The zero-order chi connectivity index (χ0) is 9.26. The Kier molecular flexibility index (Phi) is 1.73. The SMILES string of the molecule is Cc1[nH]c(=O)[nH]c1-c1cccnc1. The van der Waals surface area contributed by atoms with E-state index in [1.807, 2.05) is 19.1 Å². The van der Waals surface area contributed by atoms with Gasteiger partial charge in [-0.1, -0.05) is 0 Å². The molecule has 66 valence electrons. The van der Waals surface area contributed by atoms with Crippen LogP contribution in [0.1, 0.15) is 5.69 Å². The first-order chi connectivity index (χ1) is 6.27. The van der Waals surface area contributed by atoms with Crippen LogP contribution < -0.4 is 5.69 Å². The maximum Gasteiger partial charge on any atom is 0.323 e. The van der Waals surface area contributed by atoms with Gasteiger partial charge in [-0.2, -0.15) is 0 Å². The summed E-state index contributed by atoms with van der Waals surface area (Å²) in [4.78, 5) is 20.3. The average molecular weight is 175 g/mol. The van der Waals surface area contributed by atoms with Crippen molar-refractivity contribution in [3.05, 3.63) is 40.7 Å². The number of hydrogen-bond acceptors (Lipinski definition) is 2. The predicted molar refractivity (Wildman–Crippen MR) is 49.4 cm³/mol. The van der Waals surface area contributed by atoms with E-state index in [1.54, 1.807) is 12.4 Å². The predicted octanol–water partition coefficient (Wildman–Crippen LogP) is 1.07. The molecule has 2 aromatic rings. The van der Waals surface area contributed by atoms with E-state index >= 15 is 0 Å². The van der Waals surface area contributed by atoms with Gasteiger partial charge >= 0.3 is 5.69 Å². The van der Waals surface area contributed by atoms with Crippen molar-refractivity contribution in [3.63, 3.8) is 0 Å². The van der Waals surface area contributed by atoms with Crippen molar-refractivity contribution < 1.29 is 0 Å². The van der Waals surface area contributed by atoms with Crippen LogP contribution in [0.2, 0.25) is 0 Å². The highest BCUT2D eigenvalue weighted by molar-refractivity contribution is 5.59. The Morgan fingerprint density at radius 2 is 2.23 bits per heavy atom. The number of imidazole rings is 1. The van der Waals surface area contributed by atoms with Gasteiger partial charge in [0.05, 0.1) is 5.69 Å². The molecule has 2 N–H and O–H groups in total. The van der Waals surface area contributed by atoms with Gasteiger partial charge in [0.25, 0.3) is 0 Å². The summed E-state index contributed by atoms with van der Waals surface area (Å²) in [6.45, 7) is 1.85. The lowest BCUT2D eigenvalue weighted by molar-refractivity contribution is 1.16. The summed E-state index contributed by atoms with van der Waals surface area (Å²) < 4.78 is 0. The molecule has 0 aliphatic rings. The molecule has 0 atom stereocenters. The molecule has 2 aromatic heterocycles. The van der Waals surface area contributed by atoms with E-state index in [9.17, 15) is 4.79 Å². The largest absolute Gasteiger partial charge is 0.323 e. The minimum absolute atomic E-state index is 0.184. The second-order valence-corrected chi connectivity index (χ2v) is 2.82. The van der Waals surface area contributed by atoms with Gasteiger partial charge in [-0.25, -0.2) is 4.79 Å². The molecule has 0 radical (unpaired) electrons. The fourth-order valence-corrected chi connectivity index (χ4v) is 1.27. The fourth-order valence-electron chi connectivity index (χ4n) is 1.27. The van der Waals surface area contributed by atoms with Gasteiger partial charge in [0.15, 0.2) is 0 Å². The Bertz CT molecular complexity index is 455. The normalized spacial score (nSPS) is 10.2. The molecule has 0 bridgehead atoms. The number of aromatic nitrogens is 3. The van der Waals surface area contributed by atoms with E-state index < -0.39 is 0 Å². The number of rotatable bonds is 1. The van der Waals surface area contributed by atoms with Gasteiger partial charge in [-0.15, -0.1) is 0 Å². The quantitative estimate of drug-likeness (QED) is 0.681. The molecule has 0 saturated heterocycles. The molecule has 0 aliphatic carbocycles. The van der Waals surface area contributed by atoms with Crippen molar-refractivity contribution in [2.24, 2.45) is 0 Å². The van der Waals surface area contributed by atoms with Crippen LogP contribution in [0.4, 0.5) is 0 Å². The van der Waals surface area contributed by atoms with Gasteiger partial charge in [0.1, 0.15) is 0 Å². The third-order valence-electron chi connectivity index (χ3n) is 1.86. The summed E-state index contributed by atoms with van der Waals surface area (Å²) in [6, 6.07) is 3.74. The van der Waals surface area contributed by atoms with E-state index in [1.165, 1.54) is 0 Å². The summed E-state index contributed by atoms with van der Waals surface area (Å²) in [5, 5.41) is 0. The second-order valence-electron chi connectivity index (χ2n) is 2.82. The van der Waals surface area contributed by atoms with Crippen LogP contribution in [0.5, 0.6) is 0 Å². The van der Waals surface area contributed by atoms with Crippen LogP contribution >= 0.6 is 0 Å². The first-order valence-electron chi connectivity index (χ1n) is 3.96. The van der Waals surface area contributed by atoms with E-state index in [0.29, 0.717) is 0 Å². The summed E-state index contributed by atoms with van der Waals surface area (Å²) >= 11 is 0. The molecule has 2 heterocycles. The molecule has 0 fully saturated rings. The van der Waals surface area contributed by atoms with Gasteiger partial charge in [0, 0.05) is 23.7 Å². The van der Waals surface area contributed by atoms with Crippen LogP contribution in [-0.2, 0) is 0 Å². The van der Waals surface area contributed by atoms with Crippen molar-refractivity contribution in [3.8, 4) is 11.3 Å². The zero-order valence-corrected chi connectivity index (χ0v) is 7.16. The topological polar surface area (TPSA) is 61.5 Å². The van der Waals surface area contributed by atoms with E-state index in [4.69, 9.17) is 0 Å². The first kappa shape index (κ1) is 7.79. The Labute approximate surface area is 74.7 Å². The van der Waals surface area contributed by atoms with Crippen LogP contribution in [-0.4, -0.2) is 15.0 Å². The highest BCUT2D eigenvalue weighted by atomic mass is 16.1. The van der Waals surface area contributed by atoms with Crippen LogP contribution in [0.15, 0.2) is 29.3 Å². The Morgan fingerprint density at radius 1 is 1.38 bits per heavy atom. The average Bonchev–Trinajstić information content (AvgIpc) is 2.47. The lowest BCUT2D eigenvalue weighted by atomic mass is 10.2. The van der Waals surface area contributed by atoms with E-state index in [0.717, 1.165) is 17.0 Å². The van der Waals surface area contributed by atoms with Gasteiger partial charge in [-0.05, 0) is 19.1 Å². The van der Waals surface area contributed by atoms with Crippen LogP contribution in [0, 0.1) is 6.92 Å². The number of aromatic amines is 2. The summed E-state index contributed by atoms with van der Waals surface area (Å²) in [6.07, 6.45) is 3.41. The lowest BCUT2D eigenvalue weighted by Gasteiger charge is -1.96. The van der Waals surface area contributed by atoms with E-state index in [2.05, 4.69) is 15.0 Å². The molecule has 13 heavy (non-hydrogen) atoms. The van der Waals surface area contributed by atoms with E-state index in [-0.39, 0.29) is 5.69 Å². The van der Waals surface area contributed by atoms with Crippen molar-refractivity contribution in [2.75, 3.05) is 0 Å². The van der Waals surface area contributed by atoms with Crippen LogP contribution in [0.3, 0.4) is 0 Å². The number of pyridine rings is 1. The highest BCUT2D eigenvalue weighted by Gasteiger charge is 2.03. The monoisotopic (exact) mass is 175 g/mol. The Morgan fingerprint density at radius 3 is 2.77 bits per heavy atom. The molecule has 0 amide bonds. The van der Waals surface area contributed by atoms with Gasteiger partial charge in [-0.3, -0.25) is 4.98 Å². The number of aryl methyl sites for hydroxylation is 1. The third kappa shape index (κ3) is 1.38. The van der Waals surface area contributed by atoms with Crippen molar-refractivity contribution in [1.29, 1.82) is 0 Å². The number of H-pyrrole nitrogens is 2. The highest BCUT2D eigenvalue weighted by Crippen LogP contribution is 2.15. The number of nitrogens with one attached hydrogen (secondary N) is 2. The van der Waals surface area contributed by atoms with Crippen molar-refractivity contribution in [2.45, 2.75) is 6.92 Å². The summed E-state index contributed by atoms with van der Waals surface area (Å²) in [7, 11) is 0.